The number of carbonyl (C=O) groups excluding carboxylic acids is 1. The van der Waals surface area contributed by atoms with E-state index in [1.807, 2.05) is 26.0 Å². The number of carbonyl (C=O) groups is 1. The molecule has 0 aromatic rings. The number of rotatable bonds is 6. The molecular weight excluding hydrogens is 247 g/mol. The first-order valence-electron chi connectivity index (χ1n) is 6.62. The molecule has 0 amide bonds. The average Bonchev–Trinajstić information content (AvgIpc) is 2.40. The van der Waals surface area contributed by atoms with Crippen LogP contribution in [0.5, 0.6) is 0 Å². The Morgan fingerprint density at radius 3 is 3.00 bits per heavy atom. The van der Waals surface area contributed by atoms with Crippen LogP contribution in [0.2, 0.25) is 0 Å². The molecule has 1 rings (SSSR count). The monoisotopic (exact) mass is 269 g/mol. The molecule has 1 aliphatic rings. The fraction of sp³-hybridized carbons (Fsp3) is 0.615. The maximum Gasteiger partial charge on any atom is 0.311 e. The van der Waals surface area contributed by atoms with Crippen LogP contribution in [0, 0.1) is 17.8 Å². The lowest BCUT2D eigenvalue weighted by atomic mass is 9.81. The largest absolute Gasteiger partial charge is 0.461 e. The van der Waals surface area contributed by atoms with Crippen LogP contribution in [-0.2, 0) is 13.7 Å². The molecule has 0 aromatic heterocycles. The second-order valence-corrected chi connectivity index (χ2v) is 5.07. The molecule has 5 heteroatoms. The predicted molar refractivity (Wildman–Crippen MR) is 76.3 cm³/mol. The lowest BCUT2D eigenvalue weighted by Gasteiger charge is -2.40. The Kier molecular flexibility index (Phi) is 5.38. The number of cyclic esters (lactones) is 1. The second kappa shape index (κ2) is 7.05. The fourth-order valence-electron chi connectivity index (χ4n) is 2.31. The van der Waals surface area contributed by atoms with Crippen LogP contribution in [0.4, 0.5) is 0 Å². The van der Waals surface area contributed by atoms with Crippen molar-refractivity contribution in [3.05, 3.63) is 24.8 Å². The molecule has 0 saturated carbocycles. The summed E-state index contributed by atoms with van der Waals surface area (Å²) in [5.74, 6) is -0.378. The molecule has 5 atom stereocenters. The van der Waals surface area contributed by atoms with Gasteiger partial charge >= 0.3 is 5.97 Å². The minimum Gasteiger partial charge on any atom is -0.461 e. The van der Waals surface area contributed by atoms with Crippen LogP contribution in [0.1, 0.15) is 20.8 Å². The van der Waals surface area contributed by atoms with Crippen LogP contribution < -0.4 is 0 Å². The van der Waals surface area contributed by atoms with Gasteiger partial charge in [-0.3, -0.25) is 4.79 Å². The lowest BCUT2D eigenvalue weighted by Crippen LogP contribution is -2.49. The van der Waals surface area contributed by atoms with E-state index < -0.39 is 0 Å². The van der Waals surface area contributed by atoms with Gasteiger partial charge in [0.2, 0.25) is 7.09 Å². The maximum atomic E-state index is 11.9. The van der Waals surface area contributed by atoms with Crippen molar-refractivity contribution in [1.29, 1.82) is 1.34 Å². The van der Waals surface area contributed by atoms with Crippen molar-refractivity contribution in [1.82, 2.24) is 0 Å². The SMILES string of the molecule is [3H][B]SO[C@H]1[C@H](C)[C@@H]([C@@H](C)/C=C\C=C)OC(=O)[C@@H]1C. The molecular formula is C13H20BO3S. The highest BCUT2D eigenvalue weighted by molar-refractivity contribution is 8.15. The Morgan fingerprint density at radius 1 is 1.67 bits per heavy atom. The van der Waals surface area contributed by atoms with E-state index in [4.69, 9.17) is 10.3 Å². The molecule has 3 nitrogen and oxygen atoms in total. The van der Waals surface area contributed by atoms with Crippen LogP contribution in [0.15, 0.2) is 24.8 Å². The van der Waals surface area contributed by atoms with E-state index in [0.29, 0.717) is 0 Å². The first-order chi connectivity index (χ1) is 9.02. The normalized spacial score (nSPS) is 34.8. The van der Waals surface area contributed by atoms with Gasteiger partial charge in [-0.1, -0.05) is 50.5 Å². The summed E-state index contributed by atoms with van der Waals surface area (Å²) in [4.78, 5) is 11.9. The Labute approximate surface area is 116 Å². The van der Waals surface area contributed by atoms with Crippen molar-refractivity contribution in [2.45, 2.75) is 33.0 Å². The van der Waals surface area contributed by atoms with E-state index in [1.165, 1.54) is 0 Å². The molecule has 1 saturated heterocycles. The van der Waals surface area contributed by atoms with E-state index in [2.05, 4.69) is 6.58 Å². The molecule has 1 fully saturated rings. The van der Waals surface area contributed by atoms with Gasteiger partial charge in [-0.05, 0) is 8.26 Å². The Balaban J connectivity index is 2.80. The maximum absolute atomic E-state index is 11.9. The molecule has 0 aliphatic carbocycles. The summed E-state index contributed by atoms with van der Waals surface area (Å²) in [5, 5.41) is 0. The molecule has 1 heterocycles. The smallest absolute Gasteiger partial charge is 0.311 e. The Morgan fingerprint density at radius 2 is 2.39 bits per heavy atom. The highest BCUT2D eigenvalue weighted by atomic mass is 32.2. The van der Waals surface area contributed by atoms with E-state index in [9.17, 15) is 4.79 Å². The van der Waals surface area contributed by atoms with Gasteiger partial charge < -0.3 is 8.92 Å². The predicted octanol–water partition coefficient (Wildman–Crippen LogP) is 2.41. The molecule has 0 spiro atoms. The van der Waals surface area contributed by atoms with E-state index in [0.717, 1.165) is 19.0 Å². The molecule has 1 aliphatic heterocycles. The fourth-order valence-corrected chi connectivity index (χ4v) is 2.78. The number of hydrogen-bond acceptors (Lipinski definition) is 4. The number of ether oxygens (including phenoxy) is 1. The molecule has 1 radical (unpaired) electrons. The van der Waals surface area contributed by atoms with E-state index >= 15 is 0 Å². The summed E-state index contributed by atoms with van der Waals surface area (Å²) in [7, 11) is 1.12. The topological polar surface area (TPSA) is 35.5 Å². The molecule has 0 aromatic carbocycles. The quantitative estimate of drug-likeness (QED) is 0.321. The molecule has 0 unspecified atom stereocenters. The minimum atomic E-state index is -0.311. The third-order valence-corrected chi connectivity index (χ3v) is 3.72. The van der Waals surface area contributed by atoms with Crippen LogP contribution in [0.3, 0.4) is 0 Å². The van der Waals surface area contributed by atoms with Crippen molar-refractivity contribution >= 4 is 25.0 Å². The first kappa shape index (κ1) is 13.7. The summed E-state index contributed by atoms with van der Waals surface area (Å²) in [6.45, 7) is 9.45. The van der Waals surface area contributed by atoms with Gasteiger partial charge in [0.15, 0.2) is 0 Å². The summed E-state index contributed by atoms with van der Waals surface area (Å²) in [6.07, 6.45) is 5.07. The molecule has 99 valence electrons. The number of hydrogen-bond donors (Lipinski definition) is 0. The summed E-state index contributed by atoms with van der Waals surface area (Å²) >= 11 is 0.955. The standard InChI is InChI=1S/C13H20BO3S/c1-5-6-7-8(2)11-9(3)12(17-18-14)10(4)13(15)16-11/h5-12,14H,1H2,2-4H3/b7-6-/t8-,9+,10+,11+,12-/m0/s1/i14T. The van der Waals surface area contributed by atoms with Crippen molar-refractivity contribution in [2.75, 3.05) is 0 Å². The first-order valence-corrected chi connectivity index (χ1v) is 6.85. The van der Waals surface area contributed by atoms with Crippen LogP contribution >= 0.6 is 11.9 Å². The van der Waals surface area contributed by atoms with E-state index in [-0.39, 0.29) is 35.9 Å². The molecule has 0 bridgehead atoms. The zero-order valence-electron chi connectivity index (χ0n) is 12.0. The second-order valence-electron chi connectivity index (χ2n) is 4.69. The van der Waals surface area contributed by atoms with Crippen LogP contribution in [-0.4, -0.2) is 26.6 Å². The summed E-state index contributed by atoms with van der Waals surface area (Å²) < 4.78 is 18.1. The molecule has 0 N–H and O–H groups in total. The van der Waals surface area contributed by atoms with Gasteiger partial charge in [0.05, 0.1) is 12.0 Å². The zero-order chi connectivity index (χ0) is 14.4. The average molecular weight is 269 g/mol. The molecule has 18 heavy (non-hydrogen) atoms. The third-order valence-electron chi connectivity index (χ3n) is 3.39. The van der Waals surface area contributed by atoms with Crippen molar-refractivity contribution < 1.29 is 13.7 Å². The highest BCUT2D eigenvalue weighted by Gasteiger charge is 2.43. The van der Waals surface area contributed by atoms with Gasteiger partial charge in [-0.2, -0.15) is 0 Å². The van der Waals surface area contributed by atoms with Crippen molar-refractivity contribution in [3.8, 4) is 0 Å². The number of esters is 1. The zero-order valence-corrected chi connectivity index (χ0v) is 11.9. The van der Waals surface area contributed by atoms with Crippen molar-refractivity contribution in [2.24, 2.45) is 17.8 Å². The van der Waals surface area contributed by atoms with Crippen molar-refractivity contribution in [3.63, 3.8) is 0 Å². The third kappa shape index (κ3) is 3.42. The lowest BCUT2D eigenvalue weighted by molar-refractivity contribution is -0.177. The van der Waals surface area contributed by atoms with Crippen LogP contribution in [0.25, 0.3) is 0 Å². The number of allylic oxidation sites excluding steroid dienone is 2. The van der Waals surface area contributed by atoms with Gasteiger partial charge in [0.1, 0.15) is 6.10 Å². The van der Waals surface area contributed by atoms with Gasteiger partial charge in [0, 0.05) is 11.8 Å². The summed E-state index contributed by atoms with van der Waals surface area (Å²) in [5.41, 5.74) is 0. The van der Waals surface area contributed by atoms with Gasteiger partial charge in [0.25, 0.3) is 0 Å². The van der Waals surface area contributed by atoms with Gasteiger partial charge in [-0.15, -0.1) is 0 Å². The Hall–Kier alpha value is -0.675. The summed E-state index contributed by atoms with van der Waals surface area (Å²) in [6, 6.07) is 0. The van der Waals surface area contributed by atoms with E-state index in [1.54, 1.807) is 13.0 Å². The Bertz CT molecular complexity index is 351. The highest BCUT2D eigenvalue weighted by Crippen LogP contribution is 2.34. The minimum absolute atomic E-state index is 0.0737. The van der Waals surface area contributed by atoms with Gasteiger partial charge in [-0.25, -0.2) is 0 Å².